The van der Waals surface area contributed by atoms with E-state index in [1.54, 1.807) is 11.5 Å². The number of piperazine rings is 1. The number of hydrogen-bond donors (Lipinski definition) is 1. The van der Waals surface area contributed by atoms with E-state index in [9.17, 15) is 19.7 Å². The molecule has 0 unspecified atom stereocenters. The van der Waals surface area contributed by atoms with Crippen molar-refractivity contribution in [2.45, 2.75) is 25.8 Å². The summed E-state index contributed by atoms with van der Waals surface area (Å²) in [5.74, 6) is -0.505. The van der Waals surface area contributed by atoms with Gasteiger partial charge in [-0.05, 0) is 26.8 Å². The highest BCUT2D eigenvalue weighted by molar-refractivity contribution is 6.00. The Morgan fingerprint density at radius 3 is 2.57 bits per heavy atom. The Morgan fingerprint density at radius 1 is 1.33 bits per heavy atom. The Labute approximate surface area is 172 Å². The number of nitrogen functional groups attached to an aromatic ring is 1. The Hall–Kier alpha value is -3.21. The Balaban J connectivity index is 2.01. The lowest BCUT2D eigenvalue weighted by Crippen LogP contribution is -2.45. The first-order chi connectivity index (χ1) is 14.3. The van der Waals surface area contributed by atoms with E-state index >= 15 is 0 Å². The molecule has 2 N–H and O–H groups in total. The highest BCUT2D eigenvalue weighted by Gasteiger charge is 2.34. The Morgan fingerprint density at radius 2 is 2.00 bits per heavy atom. The Kier molecular flexibility index (Phi) is 5.06. The SMILES string of the molecule is CCOC(=O)c1cn(C2CC2)c2nc(N3CCN(C)CC3)c(N)c([N+](=O)[O-])c2c1=O. The van der Waals surface area contributed by atoms with Gasteiger partial charge < -0.3 is 24.8 Å². The fourth-order valence-electron chi connectivity index (χ4n) is 3.79. The van der Waals surface area contributed by atoms with Crippen LogP contribution in [-0.2, 0) is 4.74 Å². The molecule has 0 amide bonds. The van der Waals surface area contributed by atoms with Gasteiger partial charge in [0, 0.05) is 38.4 Å². The predicted molar refractivity (Wildman–Crippen MR) is 111 cm³/mol. The number of ether oxygens (including phenoxy) is 1. The lowest BCUT2D eigenvalue weighted by atomic mass is 10.1. The van der Waals surface area contributed by atoms with Gasteiger partial charge in [0.2, 0.25) is 5.43 Å². The molecule has 2 aromatic rings. The number of carbonyl (C=O) groups is 1. The highest BCUT2D eigenvalue weighted by Crippen LogP contribution is 2.41. The topological polar surface area (TPSA) is 137 Å². The minimum Gasteiger partial charge on any atom is -0.462 e. The fourth-order valence-corrected chi connectivity index (χ4v) is 3.79. The zero-order valence-corrected chi connectivity index (χ0v) is 17.0. The lowest BCUT2D eigenvalue weighted by molar-refractivity contribution is -0.382. The van der Waals surface area contributed by atoms with Crippen molar-refractivity contribution in [2.75, 3.05) is 50.5 Å². The molecule has 0 atom stereocenters. The first-order valence-electron chi connectivity index (χ1n) is 9.96. The number of fused-ring (bicyclic) bond motifs is 1. The third kappa shape index (κ3) is 3.34. The number of carbonyl (C=O) groups excluding carboxylic acids is 1. The van der Waals surface area contributed by atoms with Crippen LogP contribution in [0.5, 0.6) is 0 Å². The summed E-state index contributed by atoms with van der Waals surface area (Å²) in [4.78, 5) is 45.5. The van der Waals surface area contributed by atoms with Crippen LogP contribution in [0.1, 0.15) is 36.2 Å². The monoisotopic (exact) mass is 416 g/mol. The molecule has 1 saturated heterocycles. The maximum atomic E-state index is 13.1. The third-order valence-corrected chi connectivity index (χ3v) is 5.57. The van der Waals surface area contributed by atoms with Gasteiger partial charge in [0.25, 0.3) is 0 Å². The van der Waals surface area contributed by atoms with Crippen molar-refractivity contribution >= 4 is 34.2 Å². The van der Waals surface area contributed by atoms with Crippen LogP contribution in [0.4, 0.5) is 17.2 Å². The third-order valence-electron chi connectivity index (χ3n) is 5.57. The first kappa shape index (κ1) is 20.1. The molecule has 4 rings (SSSR count). The summed E-state index contributed by atoms with van der Waals surface area (Å²) in [6.45, 7) is 4.48. The number of anilines is 2. The quantitative estimate of drug-likeness (QED) is 0.432. The normalized spacial score (nSPS) is 17.3. The second kappa shape index (κ2) is 7.56. The molecule has 2 aliphatic rings. The first-order valence-corrected chi connectivity index (χ1v) is 9.96. The molecule has 0 aromatic carbocycles. The summed E-state index contributed by atoms with van der Waals surface area (Å²) < 4.78 is 6.68. The lowest BCUT2D eigenvalue weighted by Gasteiger charge is -2.33. The van der Waals surface area contributed by atoms with Crippen molar-refractivity contribution < 1.29 is 14.5 Å². The summed E-state index contributed by atoms with van der Waals surface area (Å²) in [5, 5.41) is 11.7. The number of nitrogens with zero attached hydrogens (tertiary/aromatic N) is 5. The number of nitrogens with two attached hydrogens (primary N) is 1. The van der Waals surface area contributed by atoms with Gasteiger partial charge in [-0.3, -0.25) is 14.9 Å². The maximum absolute atomic E-state index is 13.1. The number of aromatic nitrogens is 2. The largest absolute Gasteiger partial charge is 0.462 e. The van der Waals surface area contributed by atoms with Crippen LogP contribution in [0.25, 0.3) is 11.0 Å². The number of nitro groups is 1. The minimum absolute atomic E-state index is 0.0253. The van der Waals surface area contributed by atoms with E-state index in [-0.39, 0.29) is 34.9 Å². The van der Waals surface area contributed by atoms with Gasteiger partial charge >= 0.3 is 11.7 Å². The van der Waals surface area contributed by atoms with E-state index < -0.39 is 22.0 Å². The molecular weight excluding hydrogens is 392 g/mol. The Bertz CT molecular complexity index is 1090. The van der Waals surface area contributed by atoms with Crippen molar-refractivity contribution in [3.63, 3.8) is 0 Å². The van der Waals surface area contributed by atoms with Gasteiger partial charge in [-0.1, -0.05) is 0 Å². The molecule has 11 nitrogen and oxygen atoms in total. The molecule has 1 aliphatic carbocycles. The van der Waals surface area contributed by atoms with Crippen LogP contribution in [0.3, 0.4) is 0 Å². The molecule has 0 spiro atoms. The molecule has 160 valence electrons. The van der Waals surface area contributed by atoms with E-state index in [1.165, 1.54) is 6.20 Å². The van der Waals surface area contributed by atoms with Crippen molar-refractivity contribution in [2.24, 2.45) is 0 Å². The molecule has 1 aliphatic heterocycles. The molecule has 30 heavy (non-hydrogen) atoms. The van der Waals surface area contributed by atoms with E-state index in [4.69, 9.17) is 10.5 Å². The summed E-state index contributed by atoms with van der Waals surface area (Å²) in [6.07, 6.45) is 3.09. The van der Waals surface area contributed by atoms with E-state index in [0.29, 0.717) is 18.9 Å². The van der Waals surface area contributed by atoms with Gasteiger partial charge in [0.15, 0.2) is 17.2 Å². The fraction of sp³-hybridized carbons (Fsp3) is 0.526. The molecule has 2 aromatic heterocycles. The van der Waals surface area contributed by atoms with Crippen molar-refractivity contribution in [3.05, 3.63) is 32.1 Å². The summed E-state index contributed by atoms with van der Waals surface area (Å²) in [7, 11) is 2.00. The zero-order chi connectivity index (χ0) is 21.6. The van der Waals surface area contributed by atoms with Crippen molar-refractivity contribution in [1.29, 1.82) is 0 Å². The van der Waals surface area contributed by atoms with Crippen LogP contribution in [0.15, 0.2) is 11.0 Å². The number of esters is 1. The molecule has 2 fully saturated rings. The van der Waals surface area contributed by atoms with Crippen LogP contribution in [-0.4, -0.2) is 65.2 Å². The van der Waals surface area contributed by atoms with Crippen LogP contribution in [0, 0.1) is 10.1 Å². The van der Waals surface area contributed by atoms with E-state index in [2.05, 4.69) is 9.88 Å². The second-order valence-electron chi connectivity index (χ2n) is 7.67. The maximum Gasteiger partial charge on any atom is 0.343 e. The van der Waals surface area contributed by atoms with Crippen LogP contribution < -0.4 is 16.1 Å². The molecule has 11 heteroatoms. The van der Waals surface area contributed by atoms with Crippen molar-refractivity contribution in [3.8, 4) is 0 Å². The van der Waals surface area contributed by atoms with Crippen LogP contribution in [0.2, 0.25) is 0 Å². The molecule has 3 heterocycles. The number of rotatable bonds is 5. The molecule has 1 saturated carbocycles. The average molecular weight is 416 g/mol. The van der Waals surface area contributed by atoms with E-state index in [0.717, 1.165) is 25.9 Å². The number of hydrogen-bond acceptors (Lipinski definition) is 9. The van der Waals surface area contributed by atoms with Gasteiger partial charge in [-0.15, -0.1) is 0 Å². The highest BCUT2D eigenvalue weighted by atomic mass is 16.6. The number of pyridine rings is 2. The van der Waals surface area contributed by atoms with Crippen LogP contribution >= 0.6 is 0 Å². The smallest absolute Gasteiger partial charge is 0.343 e. The molecular formula is C19H24N6O5. The van der Waals surface area contributed by atoms with Gasteiger partial charge in [0.05, 0.1) is 11.5 Å². The zero-order valence-electron chi connectivity index (χ0n) is 17.0. The second-order valence-corrected chi connectivity index (χ2v) is 7.67. The summed E-state index contributed by atoms with van der Waals surface area (Å²) in [6, 6.07) is 0.0253. The standard InChI is InChI=1S/C19H24N6O5/c1-3-30-19(27)12-10-24(11-4-5-11)17-13(16(12)26)15(25(28)29)14(20)18(21-17)23-8-6-22(2)7-9-23/h10-11H,3-9,20H2,1-2H3. The average Bonchev–Trinajstić information content (AvgIpc) is 3.54. The summed E-state index contributed by atoms with van der Waals surface area (Å²) in [5.41, 5.74) is 4.69. The molecule has 0 bridgehead atoms. The van der Waals surface area contributed by atoms with Crippen molar-refractivity contribution in [1.82, 2.24) is 14.5 Å². The van der Waals surface area contributed by atoms with Gasteiger partial charge in [-0.25, -0.2) is 9.78 Å². The minimum atomic E-state index is -0.810. The van der Waals surface area contributed by atoms with Gasteiger partial charge in [0.1, 0.15) is 10.9 Å². The molecule has 0 radical (unpaired) electrons. The van der Waals surface area contributed by atoms with E-state index in [1.807, 2.05) is 11.9 Å². The number of likely N-dealkylation sites (N-methyl/N-ethyl adjacent to an activating group) is 1. The predicted octanol–water partition coefficient (Wildman–Crippen LogP) is 1.15. The summed E-state index contributed by atoms with van der Waals surface area (Å²) >= 11 is 0. The van der Waals surface area contributed by atoms with Gasteiger partial charge in [-0.2, -0.15) is 0 Å².